The van der Waals surface area contributed by atoms with Gasteiger partial charge in [0, 0.05) is 34.9 Å². The van der Waals surface area contributed by atoms with Gasteiger partial charge in [-0.3, -0.25) is 0 Å². The number of aromatic nitrogens is 2. The van der Waals surface area contributed by atoms with E-state index in [-0.39, 0.29) is 0 Å². The molecule has 0 bridgehead atoms. The first-order valence-electron chi connectivity index (χ1n) is 6.26. The Balaban J connectivity index is 1.83. The monoisotopic (exact) mass is 331 g/mol. The molecule has 4 nitrogen and oxygen atoms in total. The number of rotatable bonds is 4. The smallest absolute Gasteiger partial charge is 0.137 e. The summed E-state index contributed by atoms with van der Waals surface area (Å²) < 4.78 is 6.25. The number of benzene rings is 1. The lowest BCUT2D eigenvalue weighted by molar-refractivity contribution is 0.415. The van der Waals surface area contributed by atoms with Crippen LogP contribution in [0.1, 0.15) is 5.56 Å². The van der Waals surface area contributed by atoms with Gasteiger partial charge in [0.25, 0.3) is 0 Å². The Bertz CT molecular complexity index is 739. The van der Waals surface area contributed by atoms with Crippen LogP contribution in [-0.4, -0.2) is 17.1 Å². The van der Waals surface area contributed by atoms with E-state index in [4.69, 9.17) is 4.74 Å². The van der Waals surface area contributed by atoms with Crippen molar-refractivity contribution in [1.29, 1.82) is 0 Å². The number of halogens is 1. The lowest BCUT2D eigenvalue weighted by atomic mass is 10.2. The predicted octanol–water partition coefficient (Wildman–Crippen LogP) is 3.95. The summed E-state index contributed by atoms with van der Waals surface area (Å²) in [5.41, 5.74) is 3.10. The van der Waals surface area contributed by atoms with E-state index < -0.39 is 0 Å². The zero-order valence-electron chi connectivity index (χ0n) is 11.0. The van der Waals surface area contributed by atoms with Crippen LogP contribution >= 0.6 is 15.9 Å². The second-order valence-corrected chi connectivity index (χ2v) is 5.27. The van der Waals surface area contributed by atoms with E-state index in [2.05, 4.69) is 37.3 Å². The fraction of sp³-hybridized carbons (Fsp3) is 0.133. The Kier molecular flexibility index (Phi) is 3.60. The second-order valence-electron chi connectivity index (χ2n) is 4.41. The number of H-pyrrole nitrogens is 1. The van der Waals surface area contributed by atoms with Gasteiger partial charge in [-0.05, 0) is 45.8 Å². The standard InChI is InChI=1S/C15H14BrN3O/c1-20-11-4-5-13(16)14(7-11)18-8-10-9-19-15-12(10)3-2-6-17-15/h2-7,9,18H,8H2,1H3,(H,17,19). The van der Waals surface area contributed by atoms with Crippen LogP contribution in [0.2, 0.25) is 0 Å². The highest BCUT2D eigenvalue weighted by molar-refractivity contribution is 9.10. The van der Waals surface area contributed by atoms with Gasteiger partial charge in [0.2, 0.25) is 0 Å². The number of methoxy groups -OCH3 is 1. The molecular formula is C15H14BrN3O. The number of hydrogen-bond donors (Lipinski definition) is 2. The third-order valence-electron chi connectivity index (χ3n) is 3.18. The van der Waals surface area contributed by atoms with Gasteiger partial charge in [-0.2, -0.15) is 0 Å². The van der Waals surface area contributed by atoms with Gasteiger partial charge in [-0.25, -0.2) is 4.98 Å². The summed E-state index contributed by atoms with van der Waals surface area (Å²) in [6, 6.07) is 9.87. The highest BCUT2D eigenvalue weighted by atomic mass is 79.9. The van der Waals surface area contributed by atoms with Crippen LogP contribution in [0.25, 0.3) is 11.0 Å². The van der Waals surface area contributed by atoms with Crippen LogP contribution in [-0.2, 0) is 6.54 Å². The van der Waals surface area contributed by atoms with Gasteiger partial charge in [-0.15, -0.1) is 0 Å². The molecule has 0 atom stereocenters. The molecule has 3 rings (SSSR count). The number of nitrogens with zero attached hydrogens (tertiary/aromatic N) is 1. The van der Waals surface area contributed by atoms with Gasteiger partial charge in [0.1, 0.15) is 11.4 Å². The summed E-state index contributed by atoms with van der Waals surface area (Å²) in [5, 5.41) is 4.55. The number of pyridine rings is 1. The average Bonchev–Trinajstić information content (AvgIpc) is 2.90. The van der Waals surface area contributed by atoms with E-state index in [1.807, 2.05) is 30.5 Å². The minimum absolute atomic E-state index is 0.720. The maximum atomic E-state index is 5.24. The summed E-state index contributed by atoms with van der Waals surface area (Å²) in [5.74, 6) is 0.830. The summed E-state index contributed by atoms with van der Waals surface area (Å²) in [4.78, 5) is 7.46. The molecule has 2 heterocycles. The quantitative estimate of drug-likeness (QED) is 0.761. The van der Waals surface area contributed by atoms with E-state index in [0.29, 0.717) is 0 Å². The van der Waals surface area contributed by atoms with Crippen molar-refractivity contribution in [3.63, 3.8) is 0 Å². The number of aromatic amines is 1. The molecule has 0 fully saturated rings. The van der Waals surface area contributed by atoms with Crippen molar-refractivity contribution >= 4 is 32.7 Å². The SMILES string of the molecule is COc1ccc(Br)c(NCc2c[nH]c3ncccc23)c1. The molecule has 0 spiro atoms. The second kappa shape index (κ2) is 5.54. The van der Waals surface area contributed by atoms with Crippen LogP contribution in [0, 0.1) is 0 Å². The minimum atomic E-state index is 0.720. The van der Waals surface area contributed by atoms with Crippen molar-refractivity contribution in [2.75, 3.05) is 12.4 Å². The number of fused-ring (bicyclic) bond motifs is 1. The molecule has 102 valence electrons. The number of anilines is 1. The molecule has 0 amide bonds. The fourth-order valence-electron chi connectivity index (χ4n) is 2.12. The summed E-state index contributed by atoms with van der Waals surface area (Å²) in [7, 11) is 1.67. The molecular weight excluding hydrogens is 318 g/mol. The Morgan fingerprint density at radius 3 is 3.10 bits per heavy atom. The predicted molar refractivity (Wildman–Crippen MR) is 84.1 cm³/mol. The molecule has 0 saturated heterocycles. The lowest BCUT2D eigenvalue weighted by Crippen LogP contribution is -2.00. The fourth-order valence-corrected chi connectivity index (χ4v) is 2.50. The Hall–Kier alpha value is -2.01. The molecule has 0 unspecified atom stereocenters. The van der Waals surface area contributed by atoms with Gasteiger partial charge in [-0.1, -0.05) is 0 Å². The van der Waals surface area contributed by atoms with Gasteiger partial charge < -0.3 is 15.0 Å². The normalized spacial score (nSPS) is 10.7. The molecule has 0 saturated carbocycles. The van der Waals surface area contributed by atoms with E-state index in [0.717, 1.165) is 33.5 Å². The van der Waals surface area contributed by atoms with E-state index >= 15 is 0 Å². The molecule has 1 aromatic carbocycles. The average molecular weight is 332 g/mol. The molecule has 3 aromatic rings. The summed E-state index contributed by atoms with van der Waals surface area (Å²) in [6.45, 7) is 0.720. The number of nitrogens with one attached hydrogen (secondary N) is 2. The minimum Gasteiger partial charge on any atom is -0.497 e. The molecule has 2 N–H and O–H groups in total. The van der Waals surface area contributed by atoms with Crippen LogP contribution in [0.3, 0.4) is 0 Å². The third-order valence-corrected chi connectivity index (χ3v) is 3.87. The maximum Gasteiger partial charge on any atom is 0.137 e. The van der Waals surface area contributed by atoms with Crippen molar-refractivity contribution < 1.29 is 4.74 Å². The van der Waals surface area contributed by atoms with Crippen molar-refractivity contribution in [2.24, 2.45) is 0 Å². The van der Waals surface area contributed by atoms with Crippen LogP contribution in [0.4, 0.5) is 5.69 Å². The van der Waals surface area contributed by atoms with Crippen LogP contribution in [0.5, 0.6) is 5.75 Å². The van der Waals surface area contributed by atoms with Crippen molar-refractivity contribution in [3.8, 4) is 5.75 Å². The van der Waals surface area contributed by atoms with Gasteiger partial charge in [0.05, 0.1) is 12.8 Å². The largest absolute Gasteiger partial charge is 0.497 e. The number of ether oxygens (including phenoxy) is 1. The summed E-state index contributed by atoms with van der Waals surface area (Å²) in [6.07, 6.45) is 3.77. The summed E-state index contributed by atoms with van der Waals surface area (Å²) >= 11 is 3.54. The maximum absolute atomic E-state index is 5.24. The number of hydrogen-bond acceptors (Lipinski definition) is 3. The zero-order chi connectivity index (χ0) is 13.9. The van der Waals surface area contributed by atoms with Crippen LogP contribution in [0.15, 0.2) is 47.2 Å². The van der Waals surface area contributed by atoms with E-state index in [1.165, 1.54) is 5.56 Å². The van der Waals surface area contributed by atoms with Crippen molar-refractivity contribution in [2.45, 2.75) is 6.54 Å². The first-order valence-corrected chi connectivity index (χ1v) is 7.05. The topological polar surface area (TPSA) is 49.9 Å². The lowest BCUT2D eigenvalue weighted by Gasteiger charge is -2.10. The zero-order valence-corrected chi connectivity index (χ0v) is 12.6. The molecule has 5 heteroatoms. The van der Waals surface area contributed by atoms with Gasteiger partial charge in [0.15, 0.2) is 0 Å². The Morgan fingerprint density at radius 1 is 1.35 bits per heavy atom. The van der Waals surface area contributed by atoms with Crippen molar-refractivity contribution in [1.82, 2.24) is 9.97 Å². The molecule has 0 aliphatic rings. The first-order chi connectivity index (χ1) is 9.78. The van der Waals surface area contributed by atoms with Gasteiger partial charge >= 0.3 is 0 Å². The Morgan fingerprint density at radius 2 is 2.25 bits per heavy atom. The molecule has 2 aromatic heterocycles. The highest BCUT2D eigenvalue weighted by Gasteiger charge is 2.06. The first kappa shape index (κ1) is 13.0. The van der Waals surface area contributed by atoms with E-state index in [9.17, 15) is 0 Å². The third kappa shape index (κ3) is 2.49. The van der Waals surface area contributed by atoms with E-state index in [1.54, 1.807) is 13.3 Å². The van der Waals surface area contributed by atoms with Crippen LogP contribution < -0.4 is 10.1 Å². The Labute approximate surface area is 125 Å². The highest BCUT2D eigenvalue weighted by Crippen LogP contribution is 2.28. The molecule has 20 heavy (non-hydrogen) atoms. The van der Waals surface area contributed by atoms with Crippen molar-refractivity contribution in [3.05, 3.63) is 52.8 Å². The molecule has 0 aliphatic carbocycles. The molecule has 0 radical (unpaired) electrons. The molecule has 0 aliphatic heterocycles.